The first-order valence-corrected chi connectivity index (χ1v) is 7.86. The lowest BCUT2D eigenvalue weighted by Gasteiger charge is -2.30. The molecule has 126 valence electrons. The molecule has 0 saturated carbocycles. The maximum absolute atomic E-state index is 12.3. The van der Waals surface area contributed by atoms with Gasteiger partial charge in [-0.15, -0.1) is 0 Å². The molecule has 1 aromatic rings. The number of nitrogens with zero attached hydrogens (tertiary/aromatic N) is 1. The Balaban J connectivity index is 2.20. The Hall–Kier alpha value is -2.17. The summed E-state index contributed by atoms with van der Waals surface area (Å²) < 4.78 is 16.0. The van der Waals surface area contributed by atoms with E-state index in [-0.39, 0.29) is 5.91 Å². The number of carbonyl (C=O) groups excluding carboxylic acids is 1. The van der Waals surface area contributed by atoms with Crippen LogP contribution in [0.25, 0.3) is 6.08 Å². The predicted octanol–water partition coefficient (Wildman–Crippen LogP) is 2.98. The normalized spacial score (nSPS) is 18.1. The van der Waals surface area contributed by atoms with E-state index in [1.165, 1.54) is 6.42 Å². The minimum absolute atomic E-state index is 0.0355. The molecule has 1 aliphatic heterocycles. The van der Waals surface area contributed by atoms with Crippen molar-refractivity contribution >= 4 is 12.0 Å². The van der Waals surface area contributed by atoms with Crippen molar-refractivity contribution in [3.8, 4) is 17.2 Å². The van der Waals surface area contributed by atoms with Crippen LogP contribution in [0.4, 0.5) is 0 Å². The van der Waals surface area contributed by atoms with Gasteiger partial charge in [0.15, 0.2) is 11.5 Å². The molecule has 0 radical (unpaired) electrons. The number of hydrogen-bond donors (Lipinski definition) is 0. The number of piperidine rings is 1. The van der Waals surface area contributed by atoms with Gasteiger partial charge in [0.1, 0.15) is 0 Å². The quantitative estimate of drug-likeness (QED) is 0.783. The van der Waals surface area contributed by atoms with Crippen LogP contribution in [-0.2, 0) is 4.79 Å². The van der Waals surface area contributed by atoms with E-state index in [1.54, 1.807) is 39.5 Å². The molecule has 5 heteroatoms. The van der Waals surface area contributed by atoms with E-state index < -0.39 is 0 Å². The van der Waals surface area contributed by atoms with E-state index in [0.717, 1.165) is 25.1 Å². The number of hydrogen-bond acceptors (Lipinski definition) is 4. The molecular formula is C18H25NO4. The van der Waals surface area contributed by atoms with E-state index in [1.807, 2.05) is 11.0 Å². The number of likely N-dealkylation sites (tertiary alicyclic amines) is 1. The average Bonchev–Trinajstić information content (AvgIpc) is 2.58. The highest BCUT2D eigenvalue weighted by Crippen LogP contribution is 2.40. The molecule has 0 aliphatic carbocycles. The lowest BCUT2D eigenvalue weighted by Crippen LogP contribution is -2.38. The monoisotopic (exact) mass is 319 g/mol. The minimum atomic E-state index is 0.0355. The van der Waals surface area contributed by atoms with Gasteiger partial charge in [-0.1, -0.05) is 6.92 Å². The van der Waals surface area contributed by atoms with Gasteiger partial charge in [-0.3, -0.25) is 4.79 Å². The molecule has 1 fully saturated rings. The van der Waals surface area contributed by atoms with Gasteiger partial charge < -0.3 is 19.1 Å². The fourth-order valence-corrected chi connectivity index (χ4v) is 2.91. The molecule has 0 N–H and O–H groups in total. The number of carbonyl (C=O) groups is 1. The third-order valence-electron chi connectivity index (χ3n) is 4.11. The summed E-state index contributed by atoms with van der Waals surface area (Å²) in [6, 6.07) is 3.65. The van der Waals surface area contributed by atoms with Crippen LogP contribution in [0.5, 0.6) is 17.2 Å². The van der Waals surface area contributed by atoms with E-state index >= 15 is 0 Å². The summed E-state index contributed by atoms with van der Waals surface area (Å²) >= 11 is 0. The highest BCUT2D eigenvalue weighted by molar-refractivity contribution is 5.92. The smallest absolute Gasteiger partial charge is 0.246 e. The van der Waals surface area contributed by atoms with Crippen molar-refractivity contribution in [2.45, 2.75) is 19.8 Å². The van der Waals surface area contributed by atoms with Crippen LogP contribution in [-0.4, -0.2) is 45.2 Å². The second-order valence-electron chi connectivity index (χ2n) is 5.79. The van der Waals surface area contributed by atoms with Crippen molar-refractivity contribution in [1.82, 2.24) is 4.90 Å². The lowest BCUT2D eigenvalue weighted by molar-refractivity contribution is -0.127. The molecule has 1 heterocycles. The Morgan fingerprint density at radius 1 is 1.17 bits per heavy atom. The third-order valence-corrected chi connectivity index (χ3v) is 4.11. The van der Waals surface area contributed by atoms with Crippen LogP contribution < -0.4 is 14.2 Å². The Bertz CT molecular complexity index is 583. The summed E-state index contributed by atoms with van der Waals surface area (Å²) in [5.74, 6) is 2.28. The van der Waals surface area contributed by atoms with Crippen LogP contribution >= 0.6 is 0 Å². The molecule has 1 atom stereocenters. The topological polar surface area (TPSA) is 48.0 Å². The van der Waals surface area contributed by atoms with Gasteiger partial charge in [0.25, 0.3) is 0 Å². The molecule has 1 aliphatic rings. The Kier molecular flexibility index (Phi) is 5.90. The molecule has 1 aromatic carbocycles. The Morgan fingerprint density at radius 3 is 2.52 bits per heavy atom. The first-order valence-electron chi connectivity index (χ1n) is 7.86. The number of ether oxygens (including phenoxy) is 3. The van der Waals surface area contributed by atoms with Crippen molar-refractivity contribution in [2.24, 2.45) is 5.92 Å². The minimum Gasteiger partial charge on any atom is -0.493 e. The summed E-state index contributed by atoms with van der Waals surface area (Å²) in [7, 11) is 4.71. The van der Waals surface area contributed by atoms with Crippen LogP contribution in [0.3, 0.4) is 0 Å². The first kappa shape index (κ1) is 17.2. The lowest BCUT2D eigenvalue weighted by atomic mass is 10.0. The van der Waals surface area contributed by atoms with Crippen molar-refractivity contribution in [3.63, 3.8) is 0 Å². The molecule has 0 bridgehead atoms. The summed E-state index contributed by atoms with van der Waals surface area (Å²) in [6.45, 7) is 3.84. The SMILES string of the molecule is COc1ccc(/C=C/C(=O)N2CCCC(C)C2)c(OC)c1OC. The van der Waals surface area contributed by atoms with Crippen LogP contribution in [0.1, 0.15) is 25.3 Å². The zero-order chi connectivity index (χ0) is 16.8. The number of methoxy groups -OCH3 is 3. The van der Waals surface area contributed by atoms with E-state index in [2.05, 4.69) is 6.92 Å². The summed E-state index contributed by atoms with van der Waals surface area (Å²) in [5.41, 5.74) is 0.781. The predicted molar refractivity (Wildman–Crippen MR) is 90.1 cm³/mol. The van der Waals surface area contributed by atoms with E-state index in [9.17, 15) is 4.79 Å². The molecule has 5 nitrogen and oxygen atoms in total. The maximum atomic E-state index is 12.3. The fraction of sp³-hybridized carbons (Fsp3) is 0.500. The van der Waals surface area contributed by atoms with Crippen molar-refractivity contribution in [2.75, 3.05) is 34.4 Å². The van der Waals surface area contributed by atoms with Gasteiger partial charge in [0.05, 0.1) is 21.3 Å². The van der Waals surface area contributed by atoms with Gasteiger partial charge in [0.2, 0.25) is 11.7 Å². The van der Waals surface area contributed by atoms with Crippen molar-refractivity contribution < 1.29 is 19.0 Å². The molecule has 1 amide bonds. The molecule has 1 saturated heterocycles. The molecule has 1 unspecified atom stereocenters. The molecular weight excluding hydrogens is 294 g/mol. The van der Waals surface area contributed by atoms with Crippen LogP contribution in [0.2, 0.25) is 0 Å². The standard InChI is InChI=1S/C18H25NO4/c1-13-6-5-11-19(12-13)16(20)10-8-14-7-9-15(21-2)18(23-4)17(14)22-3/h7-10,13H,5-6,11-12H2,1-4H3/b10-8+. The Labute approximate surface area is 137 Å². The molecule has 0 spiro atoms. The summed E-state index contributed by atoms with van der Waals surface area (Å²) in [6.07, 6.45) is 5.63. The van der Waals surface area contributed by atoms with Gasteiger partial charge in [0, 0.05) is 24.7 Å². The number of benzene rings is 1. The average molecular weight is 319 g/mol. The van der Waals surface area contributed by atoms with Gasteiger partial charge in [-0.25, -0.2) is 0 Å². The van der Waals surface area contributed by atoms with E-state index in [4.69, 9.17) is 14.2 Å². The summed E-state index contributed by atoms with van der Waals surface area (Å²) in [4.78, 5) is 14.2. The first-order chi connectivity index (χ1) is 11.1. The van der Waals surface area contributed by atoms with Gasteiger partial charge in [-0.2, -0.15) is 0 Å². The third kappa shape index (κ3) is 3.97. The Morgan fingerprint density at radius 2 is 1.91 bits per heavy atom. The zero-order valence-electron chi connectivity index (χ0n) is 14.3. The van der Waals surface area contributed by atoms with Gasteiger partial charge in [-0.05, 0) is 37.0 Å². The van der Waals surface area contributed by atoms with Crippen molar-refractivity contribution in [1.29, 1.82) is 0 Å². The second kappa shape index (κ2) is 7.90. The molecule has 2 rings (SSSR count). The highest BCUT2D eigenvalue weighted by Gasteiger charge is 2.19. The molecule has 0 aromatic heterocycles. The van der Waals surface area contributed by atoms with E-state index in [0.29, 0.717) is 23.2 Å². The highest BCUT2D eigenvalue weighted by atomic mass is 16.5. The summed E-state index contributed by atoms with van der Waals surface area (Å²) in [5, 5.41) is 0. The van der Waals surface area contributed by atoms with Crippen LogP contribution in [0, 0.1) is 5.92 Å². The number of amides is 1. The van der Waals surface area contributed by atoms with Crippen molar-refractivity contribution in [3.05, 3.63) is 23.8 Å². The maximum Gasteiger partial charge on any atom is 0.246 e. The molecule has 23 heavy (non-hydrogen) atoms. The van der Waals surface area contributed by atoms with Gasteiger partial charge >= 0.3 is 0 Å². The largest absolute Gasteiger partial charge is 0.493 e. The second-order valence-corrected chi connectivity index (χ2v) is 5.79. The van der Waals surface area contributed by atoms with Crippen LogP contribution in [0.15, 0.2) is 18.2 Å². The number of rotatable bonds is 5. The zero-order valence-corrected chi connectivity index (χ0v) is 14.3. The fourth-order valence-electron chi connectivity index (χ4n) is 2.91.